The lowest BCUT2D eigenvalue weighted by Gasteiger charge is -2.05. The van der Waals surface area contributed by atoms with E-state index >= 15 is 0 Å². The van der Waals surface area contributed by atoms with Gasteiger partial charge in [-0.3, -0.25) is 4.79 Å². The number of rotatable bonds is 4. The number of nitrogens with one attached hydrogen (secondary N) is 1. The van der Waals surface area contributed by atoms with Gasteiger partial charge < -0.3 is 14.5 Å². The van der Waals surface area contributed by atoms with Crippen molar-refractivity contribution in [1.82, 2.24) is 9.38 Å². The highest BCUT2D eigenvalue weighted by Gasteiger charge is 2.09. The monoisotopic (exact) mass is 323 g/mol. The van der Waals surface area contributed by atoms with Crippen molar-refractivity contribution in [2.24, 2.45) is 0 Å². The molecule has 0 aliphatic rings. The van der Waals surface area contributed by atoms with Gasteiger partial charge >= 0.3 is 5.97 Å². The maximum atomic E-state index is 12.1. The van der Waals surface area contributed by atoms with Crippen molar-refractivity contribution < 1.29 is 14.3 Å². The van der Waals surface area contributed by atoms with Crippen LogP contribution in [0, 0.1) is 6.92 Å². The molecule has 3 rings (SSSR count). The maximum absolute atomic E-state index is 12.1. The van der Waals surface area contributed by atoms with Gasteiger partial charge in [-0.25, -0.2) is 9.78 Å². The van der Waals surface area contributed by atoms with Gasteiger partial charge in [-0.2, -0.15) is 0 Å². The van der Waals surface area contributed by atoms with Crippen LogP contribution < -0.4 is 5.32 Å². The molecule has 1 aromatic carbocycles. The Hall–Kier alpha value is -3.15. The predicted molar refractivity (Wildman–Crippen MR) is 90.0 cm³/mol. The van der Waals surface area contributed by atoms with Crippen molar-refractivity contribution in [2.75, 3.05) is 12.4 Å². The molecule has 6 heteroatoms. The Morgan fingerprint density at radius 2 is 1.96 bits per heavy atom. The number of imidazole rings is 1. The lowest BCUT2D eigenvalue weighted by atomic mass is 10.2. The van der Waals surface area contributed by atoms with Crippen molar-refractivity contribution in [1.29, 1.82) is 0 Å². The molecule has 0 bridgehead atoms. The molecule has 0 radical (unpaired) electrons. The zero-order valence-corrected chi connectivity index (χ0v) is 13.4. The molecule has 0 aliphatic heterocycles. The van der Waals surface area contributed by atoms with E-state index in [2.05, 4.69) is 15.0 Å². The van der Waals surface area contributed by atoms with E-state index in [1.165, 1.54) is 7.11 Å². The third kappa shape index (κ3) is 3.43. The Labute approximate surface area is 139 Å². The van der Waals surface area contributed by atoms with E-state index in [1.807, 2.05) is 35.9 Å². The summed E-state index contributed by atoms with van der Waals surface area (Å²) < 4.78 is 6.53. The second-order valence-corrected chi connectivity index (χ2v) is 5.50. The molecule has 1 N–H and O–H groups in total. The van der Waals surface area contributed by atoms with E-state index in [0.29, 0.717) is 16.9 Å². The molecule has 0 aliphatic carbocycles. The van der Waals surface area contributed by atoms with Crippen LogP contribution in [0.2, 0.25) is 0 Å². The van der Waals surface area contributed by atoms with Gasteiger partial charge in [0, 0.05) is 18.1 Å². The summed E-state index contributed by atoms with van der Waals surface area (Å²) in [5.41, 5.74) is 3.69. The third-order valence-corrected chi connectivity index (χ3v) is 3.60. The van der Waals surface area contributed by atoms with E-state index in [4.69, 9.17) is 0 Å². The molecular formula is C18H17N3O3. The van der Waals surface area contributed by atoms with E-state index in [-0.39, 0.29) is 12.3 Å². The van der Waals surface area contributed by atoms with Gasteiger partial charge in [0.1, 0.15) is 5.65 Å². The summed E-state index contributed by atoms with van der Waals surface area (Å²) in [7, 11) is 1.33. The molecule has 2 heterocycles. The molecule has 122 valence electrons. The smallest absolute Gasteiger partial charge is 0.337 e. The number of methoxy groups -OCH3 is 1. The van der Waals surface area contributed by atoms with Gasteiger partial charge in [0.15, 0.2) is 0 Å². The summed E-state index contributed by atoms with van der Waals surface area (Å²) in [5.74, 6) is -0.575. The number of benzene rings is 1. The number of esters is 1. The summed E-state index contributed by atoms with van der Waals surface area (Å²) in [6.07, 6.45) is 3.94. The number of aryl methyl sites for hydroxylation is 1. The first kappa shape index (κ1) is 15.7. The molecule has 2 aromatic heterocycles. The van der Waals surface area contributed by atoms with Crippen molar-refractivity contribution in [3.63, 3.8) is 0 Å². The zero-order chi connectivity index (χ0) is 17.1. The van der Waals surface area contributed by atoms with Gasteiger partial charge in [0.05, 0.1) is 24.8 Å². The lowest BCUT2D eigenvalue weighted by molar-refractivity contribution is -0.115. The highest BCUT2D eigenvalue weighted by Crippen LogP contribution is 2.12. The van der Waals surface area contributed by atoms with Gasteiger partial charge in [-0.05, 0) is 48.9 Å². The molecule has 0 fully saturated rings. The van der Waals surface area contributed by atoms with Crippen LogP contribution in [0.3, 0.4) is 0 Å². The van der Waals surface area contributed by atoms with Crippen LogP contribution in [-0.2, 0) is 16.0 Å². The molecule has 1 amide bonds. The Kier molecular flexibility index (Phi) is 4.29. The largest absolute Gasteiger partial charge is 0.465 e. The molecule has 0 atom stereocenters. The van der Waals surface area contributed by atoms with Gasteiger partial charge in [0.2, 0.25) is 5.91 Å². The Balaban J connectivity index is 1.67. The normalized spacial score (nSPS) is 10.6. The average molecular weight is 323 g/mol. The average Bonchev–Trinajstić information content (AvgIpc) is 2.95. The number of hydrogen-bond acceptors (Lipinski definition) is 4. The first-order valence-corrected chi connectivity index (χ1v) is 7.47. The number of anilines is 1. The zero-order valence-electron chi connectivity index (χ0n) is 13.4. The number of fused-ring (bicyclic) bond motifs is 1. The fourth-order valence-corrected chi connectivity index (χ4v) is 2.40. The van der Waals surface area contributed by atoms with Crippen LogP contribution in [-0.4, -0.2) is 28.4 Å². The number of nitrogens with zero attached hydrogens (tertiary/aromatic N) is 2. The number of carbonyl (C=O) groups is 2. The minimum Gasteiger partial charge on any atom is -0.465 e. The summed E-state index contributed by atoms with van der Waals surface area (Å²) >= 11 is 0. The Bertz CT molecular complexity index is 898. The topological polar surface area (TPSA) is 72.7 Å². The van der Waals surface area contributed by atoms with Crippen LogP contribution in [0.15, 0.2) is 48.8 Å². The summed E-state index contributed by atoms with van der Waals surface area (Å²) in [4.78, 5) is 28.0. The van der Waals surface area contributed by atoms with Crippen molar-refractivity contribution in [3.05, 3.63) is 65.6 Å². The van der Waals surface area contributed by atoms with Crippen molar-refractivity contribution >= 4 is 23.2 Å². The molecule has 0 unspecified atom stereocenters. The Morgan fingerprint density at radius 3 is 2.67 bits per heavy atom. The number of carbonyl (C=O) groups excluding carboxylic acids is 2. The quantitative estimate of drug-likeness (QED) is 0.749. The number of ether oxygens (including phenoxy) is 1. The van der Waals surface area contributed by atoms with Crippen LogP contribution >= 0.6 is 0 Å². The minimum atomic E-state index is -0.409. The fraction of sp³-hybridized carbons (Fsp3) is 0.167. The SMILES string of the molecule is COC(=O)c1ccc(NC(=O)Cc2cn3ccc(C)cc3n2)cc1. The van der Waals surface area contributed by atoms with Crippen LogP contribution in [0.1, 0.15) is 21.6 Å². The number of pyridine rings is 1. The predicted octanol–water partition coefficient (Wildman–Crippen LogP) is 2.61. The standard InChI is InChI=1S/C18H17N3O3/c1-12-7-8-21-11-15(19-16(21)9-12)10-17(22)20-14-5-3-13(4-6-14)18(23)24-2/h3-9,11H,10H2,1-2H3,(H,20,22). The molecule has 3 aromatic rings. The Morgan fingerprint density at radius 1 is 1.21 bits per heavy atom. The highest BCUT2D eigenvalue weighted by atomic mass is 16.5. The van der Waals surface area contributed by atoms with Crippen molar-refractivity contribution in [3.8, 4) is 0 Å². The molecule has 0 saturated heterocycles. The third-order valence-electron chi connectivity index (χ3n) is 3.60. The summed E-state index contributed by atoms with van der Waals surface area (Å²) in [6.45, 7) is 2.00. The number of hydrogen-bond donors (Lipinski definition) is 1. The van der Waals surface area contributed by atoms with Gasteiger partial charge in [-0.15, -0.1) is 0 Å². The summed E-state index contributed by atoms with van der Waals surface area (Å²) in [5, 5.41) is 2.79. The van der Waals surface area contributed by atoms with E-state index in [0.717, 1.165) is 11.2 Å². The second kappa shape index (κ2) is 6.54. The fourth-order valence-electron chi connectivity index (χ4n) is 2.40. The van der Waals surface area contributed by atoms with E-state index in [1.54, 1.807) is 24.3 Å². The van der Waals surface area contributed by atoms with Crippen LogP contribution in [0.25, 0.3) is 5.65 Å². The maximum Gasteiger partial charge on any atom is 0.337 e. The van der Waals surface area contributed by atoms with E-state index in [9.17, 15) is 9.59 Å². The molecule has 24 heavy (non-hydrogen) atoms. The van der Waals surface area contributed by atoms with Crippen molar-refractivity contribution in [2.45, 2.75) is 13.3 Å². The van der Waals surface area contributed by atoms with Gasteiger partial charge in [0.25, 0.3) is 0 Å². The van der Waals surface area contributed by atoms with Gasteiger partial charge in [-0.1, -0.05) is 0 Å². The summed E-state index contributed by atoms with van der Waals surface area (Å²) in [6, 6.07) is 10.5. The van der Waals surface area contributed by atoms with E-state index < -0.39 is 5.97 Å². The van der Waals surface area contributed by atoms with Crippen LogP contribution in [0.4, 0.5) is 5.69 Å². The first-order valence-electron chi connectivity index (χ1n) is 7.47. The second-order valence-electron chi connectivity index (χ2n) is 5.50. The van der Waals surface area contributed by atoms with Crippen LogP contribution in [0.5, 0.6) is 0 Å². The first-order chi connectivity index (χ1) is 11.5. The molecule has 0 saturated carbocycles. The molecular weight excluding hydrogens is 306 g/mol. The molecule has 0 spiro atoms. The number of aromatic nitrogens is 2. The molecule has 6 nitrogen and oxygen atoms in total. The minimum absolute atomic E-state index is 0.166. The highest BCUT2D eigenvalue weighted by molar-refractivity contribution is 5.93. The lowest BCUT2D eigenvalue weighted by Crippen LogP contribution is -2.14. The number of amides is 1.